The van der Waals surface area contributed by atoms with E-state index in [1.807, 2.05) is 24.3 Å². The number of fused-ring (bicyclic) bond motifs is 1. The topological polar surface area (TPSA) is 104 Å². The summed E-state index contributed by atoms with van der Waals surface area (Å²) in [5.74, 6) is 0.0398. The minimum absolute atomic E-state index is 0.0398. The quantitative estimate of drug-likeness (QED) is 0.382. The minimum Gasteiger partial charge on any atom is -0.384 e. The highest BCUT2D eigenvalue weighted by Crippen LogP contribution is 2.31. The van der Waals surface area contributed by atoms with Crippen molar-refractivity contribution in [2.45, 2.75) is 9.92 Å². The molecule has 2 heterocycles. The maximum atomic E-state index is 7.59. The normalized spacial score (nSPS) is 10.7. The molecule has 7 heteroatoms. The van der Waals surface area contributed by atoms with Crippen molar-refractivity contribution in [1.82, 2.24) is 19.9 Å². The lowest BCUT2D eigenvalue weighted by atomic mass is 10.2. The lowest BCUT2D eigenvalue weighted by molar-refractivity contribution is 1.08. The molecule has 94 valence electrons. The highest BCUT2D eigenvalue weighted by atomic mass is 32.2. The summed E-state index contributed by atoms with van der Waals surface area (Å²) in [6.07, 6.45) is 3.06. The first kappa shape index (κ1) is 11.7. The highest BCUT2D eigenvalue weighted by Gasteiger charge is 2.11. The van der Waals surface area contributed by atoms with E-state index in [2.05, 4.69) is 19.9 Å². The molecule has 4 N–H and O–H groups in total. The molecule has 0 amide bonds. The van der Waals surface area contributed by atoms with Gasteiger partial charge in [0.2, 0.25) is 0 Å². The maximum Gasteiger partial charge on any atom is 0.181 e. The molecule has 19 heavy (non-hydrogen) atoms. The molecule has 0 fully saturated rings. The fourth-order valence-electron chi connectivity index (χ4n) is 1.70. The fraction of sp³-hybridized carbons (Fsp3) is 0. The summed E-state index contributed by atoms with van der Waals surface area (Å²) in [4.78, 5) is 16.3. The van der Waals surface area contributed by atoms with Gasteiger partial charge in [-0.2, -0.15) is 0 Å². The second-order valence-electron chi connectivity index (χ2n) is 3.79. The van der Waals surface area contributed by atoms with Gasteiger partial charge >= 0.3 is 0 Å². The third-order valence-electron chi connectivity index (χ3n) is 2.57. The number of aromatic nitrogens is 4. The number of nitrogen functional groups attached to an aromatic ring is 1. The monoisotopic (exact) mass is 270 g/mol. The number of H-pyrrole nitrogens is 1. The fourth-order valence-corrected chi connectivity index (χ4v) is 2.70. The number of hydrogen-bond acceptors (Lipinski definition) is 5. The molecule has 0 atom stereocenters. The van der Waals surface area contributed by atoms with E-state index in [4.69, 9.17) is 11.1 Å². The Labute approximate surface area is 113 Å². The van der Waals surface area contributed by atoms with Crippen LogP contribution in [0.4, 0.5) is 0 Å². The van der Waals surface area contributed by atoms with E-state index in [0.717, 1.165) is 15.4 Å². The van der Waals surface area contributed by atoms with Crippen molar-refractivity contribution in [1.29, 1.82) is 5.41 Å². The van der Waals surface area contributed by atoms with E-state index < -0.39 is 0 Å². The van der Waals surface area contributed by atoms with Gasteiger partial charge in [-0.1, -0.05) is 30.0 Å². The Hall–Kier alpha value is -2.41. The van der Waals surface area contributed by atoms with Gasteiger partial charge in [0, 0.05) is 10.5 Å². The molecule has 0 unspecified atom stereocenters. The summed E-state index contributed by atoms with van der Waals surface area (Å²) in [5.41, 5.74) is 7.68. The molecule has 0 saturated carbocycles. The predicted octanol–water partition coefficient (Wildman–Crippen LogP) is 1.79. The lowest BCUT2D eigenvalue weighted by Crippen LogP contribution is -2.12. The van der Waals surface area contributed by atoms with Crippen LogP contribution >= 0.6 is 11.8 Å². The molecule has 2 aromatic heterocycles. The Bertz CT molecular complexity index is 751. The van der Waals surface area contributed by atoms with Gasteiger partial charge in [0.05, 0.1) is 6.33 Å². The van der Waals surface area contributed by atoms with Crippen molar-refractivity contribution in [2.75, 3.05) is 0 Å². The van der Waals surface area contributed by atoms with Crippen molar-refractivity contribution in [3.63, 3.8) is 0 Å². The lowest BCUT2D eigenvalue weighted by Gasteiger charge is -2.07. The van der Waals surface area contributed by atoms with Gasteiger partial charge in [-0.05, 0) is 6.07 Å². The second-order valence-corrected chi connectivity index (χ2v) is 4.82. The van der Waals surface area contributed by atoms with Crippen LogP contribution in [-0.2, 0) is 0 Å². The zero-order valence-electron chi connectivity index (χ0n) is 9.79. The van der Waals surface area contributed by atoms with Gasteiger partial charge in [0.1, 0.15) is 22.7 Å². The number of hydrogen-bond donors (Lipinski definition) is 3. The van der Waals surface area contributed by atoms with Crippen molar-refractivity contribution in [3.8, 4) is 0 Å². The number of nitrogens with two attached hydrogens (primary N) is 1. The van der Waals surface area contributed by atoms with Crippen LogP contribution in [0, 0.1) is 5.41 Å². The smallest absolute Gasteiger partial charge is 0.181 e. The number of nitrogens with zero attached hydrogens (tertiary/aromatic N) is 3. The molecule has 0 bridgehead atoms. The SMILES string of the molecule is N=C(N)c1ccccc1Sc1ncnc2nc[nH]c12. The third-order valence-corrected chi connectivity index (χ3v) is 3.65. The van der Waals surface area contributed by atoms with Gasteiger partial charge in [0.25, 0.3) is 0 Å². The van der Waals surface area contributed by atoms with Crippen LogP contribution in [-0.4, -0.2) is 25.8 Å². The molecule has 6 nitrogen and oxygen atoms in total. The number of benzene rings is 1. The van der Waals surface area contributed by atoms with Crippen LogP contribution in [0.2, 0.25) is 0 Å². The van der Waals surface area contributed by atoms with E-state index in [-0.39, 0.29) is 5.84 Å². The Morgan fingerprint density at radius 1 is 1.21 bits per heavy atom. The predicted molar refractivity (Wildman–Crippen MR) is 73.3 cm³/mol. The second kappa shape index (κ2) is 4.69. The Balaban J connectivity index is 2.06. The van der Waals surface area contributed by atoms with Crippen molar-refractivity contribution < 1.29 is 0 Å². The highest BCUT2D eigenvalue weighted by molar-refractivity contribution is 7.99. The molecule has 0 aliphatic carbocycles. The number of amidine groups is 1. The van der Waals surface area contributed by atoms with E-state index >= 15 is 0 Å². The largest absolute Gasteiger partial charge is 0.384 e. The Morgan fingerprint density at radius 3 is 2.89 bits per heavy atom. The van der Waals surface area contributed by atoms with E-state index in [9.17, 15) is 0 Å². The summed E-state index contributed by atoms with van der Waals surface area (Å²) in [6.45, 7) is 0. The molecule has 1 aromatic carbocycles. The molecule has 0 spiro atoms. The summed E-state index contributed by atoms with van der Waals surface area (Å²) in [6, 6.07) is 7.48. The standard InChI is InChI=1S/C12H10N6S/c13-10(14)7-3-1-2-4-8(7)19-12-9-11(16-5-15-9)17-6-18-12/h1-6H,(H3,13,14)(H,15,16,17,18). The van der Waals surface area contributed by atoms with Crippen LogP contribution in [0.15, 0.2) is 46.8 Å². The zero-order chi connectivity index (χ0) is 13.2. The zero-order valence-corrected chi connectivity index (χ0v) is 10.6. The van der Waals surface area contributed by atoms with Crippen molar-refractivity contribution in [2.24, 2.45) is 5.73 Å². The summed E-state index contributed by atoms with van der Waals surface area (Å²) in [7, 11) is 0. The first-order valence-corrected chi connectivity index (χ1v) is 6.32. The maximum absolute atomic E-state index is 7.59. The molecule has 3 aromatic rings. The van der Waals surface area contributed by atoms with Crippen LogP contribution in [0.25, 0.3) is 11.2 Å². The molecule has 0 aliphatic heterocycles. The van der Waals surface area contributed by atoms with Crippen molar-refractivity contribution >= 4 is 28.8 Å². The third kappa shape index (κ3) is 2.15. The van der Waals surface area contributed by atoms with Crippen molar-refractivity contribution in [3.05, 3.63) is 42.5 Å². The summed E-state index contributed by atoms with van der Waals surface area (Å²) < 4.78 is 0. The van der Waals surface area contributed by atoms with Crippen LogP contribution in [0.5, 0.6) is 0 Å². The van der Waals surface area contributed by atoms with E-state index in [0.29, 0.717) is 11.2 Å². The molecular weight excluding hydrogens is 260 g/mol. The summed E-state index contributed by atoms with van der Waals surface area (Å²) >= 11 is 1.43. The number of rotatable bonds is 3. The van der Waals surface area contributed by atoms with Gasteiger partial charge in [-0.3, -0.25) is 5.41 Å². The molecular formula is C12H10N6S. The molecule has 0 aliphatic rings. The average molecular weight is 270 g/mol. The summed E-state index contributed by atoms with van der Waals surface area (Å²) in [5, 5.41) is 8.35. The number of nitrogens with one attached hydrogen (secondary N) is 2. The van der Waals surface area contributed by atoms with Crippen LogP contribution in [0.1, 0.15) is 5.56 Å². The first-order valence-electron chi connectivity index (χ1n) is 5.51. The molecule has 0 radical (unpaired) electrons. The molecule has 3 rings (SSSR count). The van der Waals surface area contributed by atoms with Crippen LogP contribution in [0.3, 0.4) is 0 Å². The van der Waals surface area contributed by atoms with Gasteiger partial charge in [-0.25, -0.2) is 15.0 Å². The minimum atomic E-state index is 0.0398. The van der Waals surface area contributed by atoms with E-state index in [1.165, 1.54) is 18.1 Å². The number of imidazole rings is 1. The average Bonchev–Trinajstić information content (AvgIpc) is 2.88. The Kier molecular flexibility index (Phi) is 2.88. The number of aromatic amines is 1. The molecule has 0 saturated heterocycles. The van der Waals surface area contributed by atoms with Gasteiger partial charge < -0.3 is 10.7 Å². The van der Waals surface area contributed by atoms with Gasteiger partial charge in [-0.15, -0.1) is 0 Å². The Morgan fingerprint density at radius 2 is 2.05 bits per heavy atom. The van der Waals surface area contributed by atoms with Crippen LogP contribution < -0.4 is 5.73 Å². The van der Waals surface area contributed by atoms with E-state index in [1.54, 1.807) is 6.33 Å². The van der Waals surface area contributed by atoms with Gasteiger partial charge in [0.15, 0.2) is 5.65 Å². The first-order chi connectivity index (χ1) is 9.25.